The van der Waals surface area contributed by atoms with Gasteiger partial charge < -0.3 is 10.4 Å². The van der Waals surface area contributed by atoms with Crippen molar-refractivity contribution in [2.24, 2.45) is 0 Å². The number of thiophene rings is 1. The van der Waals surface area contributed by atoms with Crippen molar-refractivity contribution in [1.82, 2.24) is 5.32 Å². The van der Waals surface area contributed by atoms with E-state index in [9.17, 15) is 9.90 Å². The van der Waals surface area contributed by atoms with E-state index in [0.717, 1.165) is 4.88 Å². The molecule has 3 nitrogen and oxygen atoms in total. The highest BCUT2D eigenvalue weighted by Crippen LogP contribution is 2.22. The fourth-order valence-electron chi connectivity index (χ4n) is 1.96. The molecule has 1 heterocycles. The van der Waals surface area contributed by atoms with Gasteiger partial charge in [-0.2, -0.15) is 0 Å². The third-order valence-electron chi connectivity index (χ3n) is 3.32. The smallest absolute Gasteiger partial charge is 0.247 e. The van der Waals surface area contributed by atoms with Gasteiger partial charge in [0.05, 0.1) is 6.54 Å². The number of rotatable bonds is 5. The predicted molar refractivity (Wildman–Crippen MR) is 92.0 cm³/mol. The first-order valence-corrected chi connectivity index (χ1v) is 8.13. The monoisotopic (exact) mass is 335 g/mol. The molecule has 2 aromatic rings. The second-order valence-corrected chi connectivity index (χ2v) is 6.72. The molecule has 0 spiro atoms. The average Bonchev–Trinajstić information content (AvgIpc) is 2.98. The number of amides is 1. The first kappa shape index (κ1) is 16.7. The van der Waals surface area contributed by atoms with Crippen LogP contribution in [0.1, 0.15) is 24.3 Å². The van der Waals surface area contributed by atoms with Crippen LogP contribution in [0.3, 0.4) is 0 Å². The Balaban J connectivity index is 1.99. The molecule has 0 saturated heterocycles. The fourth-order valence-corrected chi connectivity index (χ4v) is 2.80. The summed E-state index contributed by atoms with van der Waals surface area (Å²) in [7, 11) is 0. The molecule has 0 saturated carbocycles. The van der Waals surface area contributed by atoms with Crippen LogP contribution in [0.25, 0.3) is 6.08 Å². The number of hydrogen-bond acceptors (Lipinski definition) is 3. The molecule has 5 heteroatoms. The molecule has 22 heavy (non-hydrogen) atoms. The number of nitrogens with one attached hydrogen (secondary N) is 1. The van der Waals surface area contributed by atoms with Crippen molar-refractivity contribution in [1.29, 1.82) is 0 Å². The molecule has 0 fully saturated rings. The van der Waals surface area contributed by atoms with Crippen LogP contribution in [0.15, 0.2) is 47.4 Å². The van der Waals surface area contributed by atoms with Crippen LogP contribution >= 0.6 is 22.9 Å². The number of carbonyl (C=O) groups is 1. The fraction of sp³-hybridized carbons (Fsp3) is 0.235. The molecule has 0 bridgehead atoms. The van der Waals surface area contributed by atoms with Gasteiger partial charge in [-0.15, -0.1) is 11.3 Å². The van der Waals surface area contributed by atoms with Gasteiger partial charge in [0.25, 0.3) is 0 Å². The lowest BCUT2D eigenvalue weighted by molar-refractivity contribution is -0.118. The van der Waals surface area contributed by atoms with Crippen LogP contribution in [0, 0.1) is 0 Å². The molecule has 1 unspecified atom stereocenters. The molecular formula is C17H18ClNO2S. The van der Waals surface area contributed by atoms with Gasteiger partial charge in [-0.05, 0) is 49.1 Å². The summed E-state index contributed by atoms with van der Waals surface area (Å²) in [5.41, 5.74) is 0.162. The highest BCUT2D eigenvalue weighted by atomic mass is 35.5. The molecule has 1 aromatic heterocycles. The van der Waals surface area contributed by atoms with E-state index in [1.54, 1.807) is 49.4 Å². The number of hydrogen-bond donors (Lipinski definition) is 2. The van der Waals surface area contributed by atoms with Gasteiger partial charge in [0, 0.05) is 15.5 Å². The molecular weight excluding hydrogens is 318 g/mol. The standard InChI is InChI=1S/C17H18ClNO2S/c1-12(10-15-4-3-9-22-15)16(20)19-11-17(2,21)13-5-7-14(18)8-6-13/h3-10,21H,11H2,1-2H3,(H,19,20)/b12-10+. The van der Waals surface area contributed by atoms with E-state index in [-0.39, 0.29) is 12.5 Å². The van der Waals surface area contributed by atoms with Gasteiger partial charge in [-0.25, -0.2) is 0 Å². The Morgan fingerprint density at radius 1 is 1.36 bits per heavy atom. The largest absolute Gasteiger partial charge is 0.384 e. The molecule has 0 radical (unpaired) electrons. The van der Waals surface area contributed by atoms with Crippen LogP contribution in [0.2, 0.25) is 5.02 Å². The van der Waals surface area contributed by atoms with Gasteiger partial charge >= 0.3 is 0 Å². The zero-order valence-corrected chi connectivity index (χ0v) is 14.0. The number of benzene rings is 1. The van der Waals surface area contributed by atoms with Crippen LogP contribution in [-0.2, 0) is 10.4 Å². The quantitative estimate of drug-likeness (QED) is 0.816. The second-order valence-electron chi connectivity index (χ2n) is 5.31. The minimum atomic E-state index is -1.15. The van der Waals surface area contributed by atoms with E-state index < -0.39 is 5.60 Å². The maximum absolute atomic E-state index is 12.1. The van der Waals surface area contributed by atoms with E-state index in [1.165, 1.54) is 0 Å². The van der Waals surface area contributed by atoms with E-state index in [1.807, 2.05) is 23.6 Å². The van der Waals surface area contributed by atoms with Crippen LogP contribution in [0.5, 0.6) is 0 Å². The average molecular weight is 336 g/mol. The maximum Gasteiger partial charge on any atom is 0.247 e. The lowest BCUT2D eigenvalue weighted by atomic mass is 9.96. The summed E-state index contributed by atoms with van der Waals surface area (Å²) in [5.74, 6) is -0.192. The van der Waals surface area contributed by atoms with Crippen molar-refractivity contribution < 1.29 is 9.90 Å². The Morgan fingerprint density at radius 2 is 2.05 bits per heavy atom. The van der Waals surface area contributed by atoms with Gasteiger partial charge in [-0.1, -0.05) is 29.8 Å². The van der Waals surface area contributed by atoms with Gasteiger partial charge in [-0.3, -0.25) is 4.79 Å². The molecule has 0 aliphatic carbocycles. The lowest BCUT2D eigenvalue weighted by Crippen LogP contribution is -2.38. The Hall–Kier alpha value is -1.62. The highest BCUT2D eigenvalue weighted by Gasteiger charge is 2.23. The van der Waals surface area contributed by atoms with Crippen LogP contribution in [0.4, 0.5) is 0 Å². The number of aliphatic hydroxyl groups is 1. The molecule has 2 N–H and O–H groups in total. The Morgan fingerprint density at radius 3 is 2.64 bits per heavy atom. The van der Waals surface area contributed by atoms with Crippen molar-refractivity contribution in [2.45, 2.75) is 19.4 Å². The molecule has 0 aliphatic heterocycles. The van der Waals surface area contributed by atoms with Crippen molar-refractivity contribution in [2.75, 3.05) is 6.54 Å². The molecule has 1 aromatic carbocycles. The molecule has 2 rings (SSSR count). The first-order valence-electron chi connectivity index (χ1n) is 6.87. The summed E-state index contributed by atoms with van der Waals surface area (Å²) in [6.07, 6.45) is 1.83. The normalized spacial score (nSPS) is 14.5. The third kappa shape index (κ3) is 4.44. The highest BCUT2D eigenvalue weighted by molar-refractivity contribution is 7.10. The minimum Gasteiger partial charge on any atom is -0.384 e. The summed E-state index contributed by atoms with van der Waals surface area (Å²) in [5, 5.41) is 15.8. The number of carbonyl (C=O) groups excluding carboxylic acids is 1. The van der Waals surface area contributed by atoms with E-state index in [2.05, 4.69) is 5.32 Å². The molecule has 116 valence electrons. The zero-order valence-electron chi connectivity index (χ0n) is 12.5. The van der Waals surface area contributed by atoms with E-state index in [4.69, 9.17) is 11.6 Å². The Bertz CT molecular complexity index is 660. The Kier molecular flexibility index (Phi) is 5.40. The second kappa shape index (κ2) is 7.09. The summed E-state index contributed by atoms with van der Waals surface area (Å²) < 4.78 is 0. The van der Waals surface area contributed by atoms with Crippen molar-refractivity contribution in [3.05, 3.63) is 62.8 Å². The van der Waals surface area contributed by atoms with Crippen molar-refractivity contribution in [3.63, 3.8) is 0 Å². The topological polar surface area (TPSA) is 49.3 Å². The SMILES string of the molecule is C/C(=C\c1cccs1)C(=O)NCC(C)(O)c1ccc(Cl)cc1. The van der Waals surface area contributed by atoms with Crippen LogP contribution < -0.4 is 5.32 Å². The predicted octanol–water partition coefficient (Wildman–Crippen LogP) is 3.83. The summed E-state index contributed by atoms with van der Waals surface area (Å²) in [4.78, 5) is 13.1. The van der Waals surface area contributed by atoms with Gasteiger partial charge in [0.15, 0.2) is 0 Å². The van der Waals surface area contributed by atoms with E-state index in [0.29, 0.717) is 16.2 Å². The van der Waals surface area contributed by atoms with Gasteiger partial charge in [0.1, 0.15) is 5.60 Å². The summed E-state index contributed by atoms with van der Waals surface area (Å²) >= 11 is 7.41. The molecule has 1 amide bonds. The van der Waals surface area contributed by atoms with Crippen molar-refractivity contribution in [3.8, 4) is 0 Å². The van der Waals surface area contributed by atoms with Crippen LogP contribution in [-0.4, -0.2) is 17.6 Å². The molecule has 0 aliphatic rings. The van der Waals surface area contributed by atoms with Crippen molar-refractivity contribution >= 4 is 34.9 Å². The van der Waals surface area contributed by atoms with E-state index >= 15 is 0 Å². The number of halogens is 1. The Labute approximate surface area is 139 Å². The summed E-state index contributed by atoms with van der Waals surface area (Å²) in [6.45, 7) is 3.55. The third-order valence-corrected chi connectivity index (χ3v) is 4.39. The molecule has 1 atom stereocenters. The minimum absolute atomic E-state index is 0.128. The zero-order chi connectivity index (χ0) is 16.2. The lowest BCUT2D eigenvalue weighted by Gasteiger charge is -2.24. The maximum atomic E-state index is 12.1. The van der Waals surface area contributed by atoms with Gasteiger partial charge in [0.2, 0.25) is 5.91 Å². The first-order chi connectivity index (χ1) is 10.4. The summed E-state index contributed by atoms with van der Waals surface area (Å²) in [6, 6.07) is 10.8.